The minimum absolute atomic E-state index is 0.00935. The Morgan fingerprint density at radius 3 is 2.87 bits per heavy atom. The summed E-state index contributed by atoms with van der Waals surface area (Å²) >= 11 is 1.01. The van der Waals surface area contributed by atoms with Gasteiger partial charge in [-0.1, -0.05) is 23.9 Å². The molecule has 1 aliphatic heterocycles. The van der Waals surface area contributed by atoms with Crippen LogP contribution in [-0.2, 0) is 14.8 Å². The number of fused-ring (bicyclic) bond motifs is 1. The molecule has 0 radical (unpaired) electrons. The number of amidine groups is 1. The maximum atomic E-state index is 12.1. The summed E-state index contributed by atoms with van der Waals surface area (Å²) in [5.74, 6) is 0.127. The van der Waals surface area contributed by atoms with E-state index < -0.39 is 10.0 Å². The first-order valence-corrected chi connectivity index (χ1v) is 9.02. The van der Waals surface area contributed by atoms with Gasteiger partial charge in [0, 0.05) is 11.8 Å². The number of rotatable bonds is 3. The highest BCUT2D eigenvalue weighted by Gasteiger charge is 2.24. The summed E-state index contributed by atoms with van der Waals surface area (Å²) in [6.45, 7) is 1.82. The fourth-order valence-electron chi connectivity index (χ4n) is 1.95. The van der Waals surface area contributed by atoms with E-state index in [-0.39, 0.29) is 21.7 Å². The number of nitrogens with zero attached hydrogens (tertiary/aromatic N) is 2. The first-order valence-electron chi connectivity index (χ1n) is 6.60. The first-order chi connectivity index (χ1) is 10.9. The zero-order valence-corrected chi connectivity index (χ0v) is 13.7. The summed E-state index contributed by atoms with van der Waals surface area (Å²) in [7, 11) is -3.74. The molecule has 1 aromatic carbocycles. The molecule has 1 amide bonds. The van der Waals surface area contributed by atoms with Crippen molar-refractivity contribution < 1.29 is 13.2 Å². The number of anilines is 2. The third-order valence-corrected chi connectivity index (χ3v) is 5.25. The van der Waals surface area contributed by atoms with Crippen molar-refractivity contribution in [3.63, 3.8) is 0 Å². The van der Waals surface area contributed by atoms with Gasteiger partial charge in [0.25, 0.3) is 10.0 Å². The lowest BCUT2D eigenvalue weighted by Gasteiger charge is -2.17. The quantitative estimate of drug-likeness (QED) is 0.773. The molecule has 0 saturated carbocycles. The maximum Gasteiger partial charge on any atom is 0.286 e. The number of aromatic nitrogens is 2. The summed E-state index contributed by atoms with van der Waals surface area (Å²) in [4.78, 5) is 12.0. The van der Waals surface area contributed by atoms with Crippen molar-refractivity contribution in [2.24, 2.45) is 4.40 Å². The van der Waals surface area contributed by atoms with Gasteiger partial charge < -0.3 is 10.6 Å². The topological polar surface area (TPSA) is 116 Å². The number of nitrogens with one attached hydrogen (secondary N) is 3. The minimum atomic E-state index is -3.74. The number of amides is 1. The van der Waals surface area contributed by atoms with Crippen LogP contribution in [0.3, 0.4) is 0 Å². The highest BCUT2D eigenvalue weighted by Crippen LogP contribution is 2.28. The van der Waals surface area contributed by atoms with Crippen molar-refractivity contribution in [3.05, 3.63) is 36.0 Å². The Kier molecular flexibility index (Phi) is 4.09. The van der Waals surface area contributed by atoms with Crippen LogP contribution >= 0.6 is 11.8 Å². The Morgan fingerprint density at radius 1 is 1.35 bits per heavy atom. The summed E-state index contributed by atoms with van der Waals surface area (Å²) in [6, 6.07) is 8.18. The normalized spacial score (nSPS) is 15.3. The van der Waals surface area contributed by atoms with E-state index in [0.29, 0.717) is 11.5 Å². The Balaban J connectivity index is 1.65. The minimum Gasteiger partial charge on any atom is -0.333 e. The highest BCUT2D eigenvalue weighted by atomic mass is 32.2. The first kappa shape index (κ1) is 15.6. The van der Waals surface area contributed by atoms with E-state index in [1.807, 2.05) is 6.92 Å². The lowest BCUT2D eigenvalue weighted by Crippen LogP contribution is -2.22. The number of hydrogen-bond donors (Lipinski definition) is 3. The van der Waals surface area contributed by atoms with Crippen LogP contribution in [0, 0.1) is 6.92 Å². The largest absolute Gasteiger partial charge is 0.333 e. The number of sulfonamides is 1. The zero-order chi connectivity index (χ0) is 16.4. The van der Waals surface area contributed by atoms with Gasteiger partial charge in [0.1, 0.15) is 4.90 Å². The fraction of sp³-hybridized carbons (Fsp3) is 0.154. The molecule has 0 bridgehead atoms. The number of para-hydroxylation sites is 1. The molecule has 2 heterocycles. The molecule has 3 N–H and O–H groups in total. The van der Waals surface area contributed by atoms with E-state index in [1.54, 1.807) is 24.3 Å². The molecule has 3 rings (SSSR count). The van der Waals surface area contributed by atoms with Crippen LogP contribution in [-0.4, -0.2) is 35.4 Å². The number of carbonyl (C=O) groups excluding carboxylic acids is 1. The molecular formula is C13H13N5O3S2. The molecule has 1 aliphatic rings. The van der Waals surface area contributed by atoms with Crippen molar-refractivity contribution in [2.75, 3.05) is 16.4 Å². The monoisotopic (exact) mass is 351 g/mol. The van der Waals surface area contributed by atoms with Gasteiger partial charge in [0.2, 0.25) is 5.91 Å². The molecule has 23 heavy (non-hydrogen) atoms. The summed E-state index contributed by atoms with van der Waals surface area (Å²) in [5, 5.41) is 12.3. The average Bonchev–Trinajstić information content (AvgIpc) is 2.90. The van der Waals surface area contributed by atoms with Gasteiger partial charge in [-0.15, -0.1) is 4.40 Å². The predicted octanol–water partition coefficient (Wildman–Crippen LogP) is 1.56. The smallest absolute Gasteiger partial charge is 0.286 e. The van der Waals surface area contributed by atoms with Crippen LogP contribution in [0.2, 0.25) is 0 Å². The Labute approximate surface area is 136 Å². The third-order valence-electron chi connectivity index (χ3n) is 2.92. The van der Waals surface area contributed by atoms with E-state index in [4.69, 9.17) is 0 Å². The summed E-state index contributed by atoms with van der Waals surface area (Å²) < 4.78 is 27.8. The zero-order valence-electron chi connectivity index (χ0n) is 12.0. The van der Waals surface area contributed by atoms with E-state index in [0.717, 1.165) is 17.5 Å². The van der Waals surface area contributed by atoms with Gasteiger partial charge in [-0.3, -0.25) is 9.89 Å². The Bertz CT molecular complexity index is 889. The van der Waals surface area contributed by atoms with E-state index >= 15 is 0 Å². The molecule has 8 nitrogen and oxygen atoms in total. The Morgan fingerprint density at radius 2 is 2.13 bits per heavy atom. The van der Waals surface area contributed by atoms with Crippen LogP contribution < -0.4 is 10.6 Å². The van der Waals surface area contributed by atoms with Crippen LogP contribution in [0.4, 0.5) is 11.5 Å². The lowest BCUT2D eigenvalue weighted by atomic mass is 10.3. The summed E-state index contributed by atoms with van der Waals surface area (Å²) in [5.41, 5.74) is 1.28. The van der Waals surface area contributed by atoms with Crippen molar-refractivity contribution >= 4 is 44.4 Å². The van der Waals surface area contributed by atoms with Crippen molar-refractivity contribution in [1.29, 1.82) is 0 Å². The number of H-pyrrole nitrogens is 1. The second-order valence-corrected chi connectivity index (χ2v) is 7.30. The van der Waals surface area contributed by atoms with Gasteiger partial charge in [-0.05, 0) is 19.1 Å². The average molecular weight is 351 g/mol. The van der Waals surface area contributed by atoms with E-state index in [2.05, 4.69) is 25.2 Å². The predicted molar refractivity (Wildman–Crippen MR) is 89.1 cm³/mol. The van der Waals surface area contributed by atoms with Gasteiger partial charge in [0.15, 0.2) is 11.0 Å². The van der Waals surface area contributed by atoms with Gasteiger partial charge in [-0.2, -0.15) is 13.5 Å². The number of carbonyl (C=O) groups is 1. The van der Waals surface area contributed by atoms with Crippen molar-refractivity contribution in [1.82, 2.24) is 10.2 Å². The fourth-order valence-corrected chi connectivity index (χ4v) is 3.99. The van der Waals surface area contributed by atoms with Crippen molar-refractivity contribution in [3.8, 4) is 0 Å². The van der Waals surface area contributed by atoms with E-state index in [1.165, 1.54) is 6.07 Å². The number of aryl methyl sites for hydroxylation is 1. The SMILES string of the molecule is Cc1cc(NC(=O)CSC2=NS(=O)(=O)c3ccccc3N2)n[nH]1. The number of thioether (sulfide) groups is 1. The van der Waals surface area contributed by atoms with Gasteiger partial charge >= 0.3 is 0 Å². The molecule has 120 valence electrons. The van der Waals surface area contributed by atoms with Crippen LogP contribution in [0.5, 0.6) is 0 Å². The molecule has 0 unspecified atom stereocenters. The molecule has 10 heteroatoms. The van der Waals surface area contributed by atoms with Gasteiger partial charge in [-0.25, -0.2) is 0 Å². The standard InChI is InChI=1S/C13H13N5O3S2/c1-8-6-11(17-16-8)15-12(19)7-22-13-14-9-4-2-3-5-10(9)23(20,21)18-13/h2-6H,7H2,1H3,(H,14,18)(H2,15,16,17,19). The molecule has 0 atom stereocenters. The Hall–Kier alpha value is -2.33. The molecule has 2 aromatic rings. The molecule has 1 aromatic heterocycles. The van der Waals surface area contributed by atoms with Crippen LogP contribution in [0.1, 0.15) is 5.69 Å². The number of hydrogen-bond acceptors (Lipinski definition) is 6. The number of aromatic amines is 1. The second kappa shape index (κ2) is 6.05. The summed E-state index contributed by atoms with van der Waals surface area (Å²) in [6.07, 6.45) is 0. The van der Waals surface area contributed by atoms with Gasteiger partial charge in [0.05, 0.1) is 11.4 Å². The molecule has 0 fully saturated rings. The molecule has 0 saturated heterocycles. The third kappa shape index (κ3) is 3.54. The van der Waals surface area contributed by atoms with E-state index in [9.17, 15) is 13.2 Å². The molecular weight excluding hydrogens is 338 g/mol. The second-order valence-electron chi connectivity index (χ2n) is 4.77. The highest BCUT2D eigenvalue weighted by molar-refractivity contribution is 8.15. The number of benzene rings is 1. The molecule has 0 spiro atoms. The van der Waals surface area contributed by atoms with Crippen LogP contribution in [0.15, 0.2) is 39.6 Å². The lowest BCUT2D eigenvalue weighted by molar-refractivity contribution is -0.113. The maximum absolute atomic E-state index is 12.1. The van der Waals surface area contributed by atoms with Crippen LogP contribution in [0.25, 0.3) is 0 Å². The molecule has 0 aliphatic carbocycles. The van der Waals surface area contributed by atoms with Crippen molar-refractivity contribution in [2.45, 2.75) is 11.8 Å².